The third-order valence-corrected chi connectivity index (χ3v) is 8.25. The van der Waals surface area contributed by atoms with Gasteiger partial charge in [0.2, 0.25) is 11.8 Å². The van der Waals surface area contributed by atoms with Gasteiger partial charge in [0.1, 0.15) is 4.32 Å². The highest BCUT2D eigenvalue weighted by molar-refractivity contribution is 8.26. The van der Waals surface area contributed by atoms with Gasteiger partial charge in [-0.1, -0.05) is 90.3 Å². The lowest BCUT2D eigenvalue weighted by atomic mass is 10.2. The van der Waals surface area contributed by atoms with Crippen LogP contribution in [0.5, 0.6) is 0 Å². The molecule has 2 heterocycles. The molecule has 7 nitrogen and oxygen atoms in total. The van der Waals surface area contributed by atoms with Gasteiger partial charge in [0, 0.05) is 18.7 Å². The van der Waals surface area contributed by atoms with Crippen molar-refractivity contribution in [3.05, 3.63) is 94.9 Å². The van der Waals surface area contributed by atoms with Gasteiger partial charge in [0.25, 0.3) is 5.91 Å². The molecular weight excluding hydrogens is 549 g/mol. The Labute approximate surface area is 239 Å². The van der Waals surface area contributed by atoms with Crippen LogP contribution in [-0.4, -0.2) is 48.8 Å². The highest BCUT2D eigenvalue weighted by Crippen LogP contribution is 2.33. The zero-order valence-electron chi connectivity index (χ0n) is 21.0. The van der Waals surface area contributed by atoms with E-state index < -0.39 is 0 Å². The Kier molecular flexibility index (Phi) is 8.25. The summed E-state index contributed by atoms with van der Waals surface area (Å²) in [5.41, 5.74) is 3.98. The molecule has 0 saturated carbocycles. The summed E-state index contributed by atoms with van der Waals surface area (Å²) in [7, 11) is 0. The molecule has 1 fully saturated rings. The van der Waals surface area contributed by atoms with Crippen molar-refractivity contribution < 1.29 is 14.4 Å². The first kappa shape index (κ1) is 26.9. The third-order valence-electron chi connectivity index (χ3n) is 5.93. The minimum Gasteiger partial charge on any atom is -0.325 e. The normalized spacial score (nSPS) is 14.4. The number of nitrogens with one attached hydrogen (secondary N) is 1. The number of aryl methyl sites for hydroxylation is 1. The first-order chi connectivity index (χ1) is 18.9. The lowest BCUT2D eigenvalue weighted by molar-refractivity contribution is -0.122. The number of amides is 2. The second-order valence-corrected chi connectivity index (χ2v) is 11.4. The van der Waals surface area contributed by atoms with Crippen LogP contribution in [0, 0.1) is 6.92 Å². The summed E-state index contributed by atoms with van der Waals surface area (Å²) in [5.74, 6) is -0.547. The Balaban J connectivity index is 1.28. The predicted octanol–water partition coefficient (Wildman–Crippen LogP) is 6.01. The van der Waals surface area contributed by atoms with Crippen molar-refractivity contribution in [2.75, 3.05) is 17.6 Å². The molecule has 1 saturated heterocycles. The van der Waals surface area contributed by atoms with Crippen LogP contribution in [-0.2, 0) is 9.59 Å². The number of nitrogens with zero attached hydrogens (tertiary/aromatic N) is 3. The van der Waals surface area contributed by atoms with E-state index in [0.717, 1.165) is 16.8 Å². The number of thioether (sulfide) groups is 2. The van der Waals surface area contributed by atoms with Gasteiger partial charge in [-0.3, -0.25) is 23.9 Å². The van der Waals surface area contributed by atoms with Crippen LogP contribution in [0.2, 0.25) is 0 Å². The van der Waals surface area contributed by atoms with E-state index in [0.29, 0.717) is 25.4 Å². The van der Waals surface area contributed by atoms with Gasteiger partial charge in [-0.05, 0) is 48.4 Å². The molecule has 0 aliphatic carbocycles. The number of hydrogen-bond acceptors (Lipinski definition) is 7. The van der Waals surface area contributed by atoms with Crippen molar-refractivity contribution in [1.29, 1.82) is 0 Å². The summed E-state index contributed by atoms with van der Waals surface area (Å²) >= 11 is 7.87. The summed E-state index contributed by atoms with van der Waals surface area (Å²) in [5, 5.41) is 3.31. The van der Waals surface area contributed by atoms with E-state index in [1.54, 1.807) is 6.08 Å². The van der Waals surface area contributed by atoms with E-state index in [4.69, 9.17) is 12.2 Å². The Morgan fingerprint density at radius 1 is 1.05 bits per heavy atom. The van der Waals surface area contributed by atoms with Gasteiger partial charge < -0.3 is 5.32 Å². The fraction of sp³-hybridized carbons (Fsp3) is 0.138. The molecule has 2 amide bonds. The topological polar surface area (TPSA) is 84.3 Å². The highest BCUT2D eigenvalue weighted by atomic mass is 32.2. The molecule has 3 aromatic carbocycles. The van der Waals surface area contributed by atoms with Crippen LogP contribution < -0.4 is 5.32 Å². The minimum atomic E-state index is -0.230. The molecule has 39 heavy (non-hydrogen) atoms. The maximum Gasteiger partial charge on any atom is 0.266 e. The maximum absolute atomic E-state index is 13.5. The standard InChI is InChI=1S/C29H24N4O3S3/c1-19-8-7-11-21(16-19)30-25(34)18-38-28-31-22-12-5-6-13-23(22)33(28)26(35)14-15-32-27(36)24(39-29(32)37)17-20-9-3-2-4-10-20/h2-13,16-17H,14-15,18H2,1H3,(H,30,34)/b24-17-. The second-order valence-electron chi connectivity index (χ2n) is 8.81. The van der Waals surface area contributed by atoms with Gasteiger partial charge in [-0.2, -0.15) is 0 Å². The van der Waals surface area contributed by atoms with Gasteiger partial charge in [0.15, 0.2) is 5.16 Å². The second kappa shape index (κ2) is 12.0. The maximum atomic E-state index is 13.5. The van der Waals surface area contributed by atoms with Crippen molar-refractivity contribution in [3.8, 4) is 0 Å². The van der Waals surface area contributed by atoms with E-state index in [2.05, 4.69) is 10.3 Å². The van der Waals surface area contributed by atoms with Gasteiger partial charge in [0.05, 0.1) is 21.7 Å². The number of fused-ring (bicyclic) bond motifs is 1. The number of thiocarbonyl (C=S) groups is 1. The van der Waals surface area contributed by atoms with Crippen molar-refractivity contribution in [2.24, 2.45) is 0 Å². The molecule has 10 heteroatoms. The SMILES string of the molecule is Cc1cccc(NC(=O)CSc2nc3ccccc3n2C(=O)CCN2C(=O)/C(=C/c3ccccc3)SC2=S)c1. The van der Waals surface area contributed by atoms with E-state index in [-0.39, 0.29) is 36.4 Å². The zero-order valence-corrected chi connectivity index (χ0v) is 23.4. The molecule has 1 aliphatic rings. The number of rotatable bonds is 8. The first-order valence-electron chi connectivity index (χ1n) is 12.2. The van der Waals surface area contributed by atoms with Gasteiger partial charge >= 0.3 is 0 Å². The number of aromatic nitrogens is 2. The van der Waals surface area contributed by atoms with E-state index in [9.17, 15) is 14.4 Å². The molecule has 0 radical (unpaired) electrons. The minimum absolute atomic E-state index is 0.0501. The average Bonchev–Trinajstić information content (AvgIpc) is 3.42. The van der Waals surface area contributed by atoms with Crippen LogP contribution in [0.1, 0.15) is 22.3 Å². The Hall–Kier alpha value is -3.73. The van der Waals surface area contributed by atoms with Crippen LogP contribution >= 0.6 is 35.7 Å². The fourth-order valence-corrected chi connectivity index (χ4v) is 6.24. The van der Waals surface area contributed by atoms with Crippen molar-refractivity contribution in [1.82, 2.24) is 14.5 Å². The summed E-state index contributed by atoms with van der Waals surface area (Å²) in [6.45, 7) is 2.11. The number of imidazole rings is 1. The number of para-hydroxylation sites is 2. The molecule has 4 aromatic rings. The molecule has 0 spiro atoms. The summed E-state index contributed by atoms with van der Waals surface area (Å²) in [4.78, 5) is 45.7. The van der Waals surface area contributed by atoms with E-state index >= 15 is 0 Å². The monoisotopic (exact) mass is 572 g/mol. The van der Waals surface area contributed by atoms with E-state index in [1.807, 2.05) is 85.8 Å². The lowest BCUT2D eigenvalue weighted by Crippen LogP contribution is -2.31. The molecule has 0 bridgehead atoms. The molecule has 0 unspecified atom stereocenters. The molecule has 196 valence electrons. The van der Waals surface area contributed by atoms with Gasteiger partial charge in [-0.25, -0.2) is 4.98 Å². The number of hydrogen-bond donors (Lipinski definition) is 1. The quantitative estimate of drug-likeness (QED) is 0.157. The predicted molar refractivity (Wildman–Crippen MR) is 162 cm³/mol. The molecule has 0 atom stereocenters. The van der Waals surface area contributed by atoms with Crippen molar-refractivity contribution in [2.45, 2.75) is 18.5 Å². The number of carbonyl (C=O) groups is 3. The molecule has 1 aromatic heterocycles. The lowest BCUT2D eigenvalue weighted by Gasteiger charge is -2.15. The summed E-state index contributed by atoms with van der Waals surface area (Å²) in [6, 6.07) is 24.5. The zero-order chi connectivity index (χ0) is 27.4. The highest BCUT2D eigenvalue weighted by Gasteiger charge is 2.32. The van der Waals surface area contributed by atoms with Crippen molar-refractivity contribution in [3.63, 3.8) is 0 Å². The number of benzene rings is 3. The average molecular weight is 573 g/mol. The molecular formula is C29H24N4O3S3. The van der Waals surface area contributed by atoms with Crippen molar-refractivity contribution >= 4 is 80.6 Å². The Morgan fingerprint density at radius 3 is 2.62 bits per heavy atom. The molecule has 1 N–H and O–H groups in total. The van der Waals surface area contributed by atoms with Gasteiger partial charge in [-0.15, -0.1) is 0 Å². The smallest absolute Gasteiger partial charge is 0.266 e. The van der Waals surface area contributed by atoms with Crippen LogP contribution in [0.15, 0.2) is 88.9 Å². The number of carbonyl (C=O) groups excluding carboxylic acids is 3. The molecule has 5 rings (SSSR count). The summed E-state index contributed by atoms with van der Waals surface area (Å²) in [6.07, 6.45) is 1.86. The number of anilines is 1. The van der Waals surface area contributed by atoms with E-state index in [1.165, 1.54) is 33.0 Å². The Morgan fingerprint density at radius 2 is 1.82 bits per heavy atom. The molecule has 1 aliphatic heterocycles. The largest absolute Gasteiger partial charge is 0.325 e. The summed E-state index contributed by atoms with van der Waals surface area (Å²) < 4.78 is 1.95. The Bertz CT molecular complexity index is 1610. The fourth-order valence-electron chi connectivity index (χ4n) is 4.10. The van der Waals surface area contributed by atoms with Crippen LogP contribution in [0.4, 0.5) is 5.69 Å². The first-order valence-corrected chi connectivity index (χ1v) is 14.4. The van der Waals surface area contributed by atoms with Crippen LogP contribution in [0.3, 0.4) is 0 Å². The third kappa shape index (κ3) is 6.30. The van der Waals surface area contributed by atoms with Crippen LogP contribution in [0.25, 0.3) is 17.1 Å².